The zero-order chi connectivity index (χ0) is 10.6. The monoisotopic (exact) mass is 211 g/mol. The highest BCUT2D eigenvalue weighted by molar-refractivity contribution is 7.82. The molecule has 2 nitrogen and oxygen atoms in total. The fourth-order valence-corrected chi connectivity index (χ4v) is 1.62. The molecule has 14 heavy (non-hydrogen) atoms. The Hall–Kier alpha value is -0.670. The lowest BCUT2D eigenvalue weighted by Crippen LogP contribution is -2.14. The van der Waals surface area contributed by atoms with Crippen molar-refractivity contribution in [1.29, 1.82) is 0 Å². The standard InChI is InChI=1S/C11H17NOS/c1-9(2)11-6-4-5-10(7-11)8-12-14(3)13/h4-7,9,12H,8H2,1-3H3. The van der Waals surface area contributed by atoms with E-state index in [9.17, 15) is 4.21 Å². The molecule has 0 aliphatic heterocycles. The Morgan fingerprint density at radius 3 is 2.71 bits per heavy atom. The van der Waals surface area contributed by atoms with Gasteiger partial charge in [-0.2, -0.15) is 0 Å². The molecule has 0 saturated heterocycles. The Labute approximate surface area is 88.3 Å². The van der Waals surface area contributed by atoms with Crippen molar-refractivity contribution in [2.45, 2.75) is 26.3 Å². The molecule has 3 heteroatoms. The maximum atomic E-state index is 10.8. The van der Waals surface area contributed by atoms with E-state index in [1.807, 2.05) is 12.1 Å². The second-order valence-electron chi connectivity index (χ2n) is 3.67. The molecule has 1 atom stereocenters. The zero-order valence-corrected chi connectivity index (χ0v) is 9.73. The fraction of sp³-hybridized carbons (Fsp3) is 0.455. The molecule has 1 N–H and O–H groups in total. The van der Waals surface area contributed by atoms with Crippen LogP contribution in [0.25, 0.3) is 0 Å². The van der Waals surface area contributed by atoms with Crippen molar-refractivity contribution in [2.24, 2.45) is 0 Å². The van der Waals surface area contributed by atoms with Gasteiger partial charge < -0.3 is 0 Å². The van der Waals surface area contributed by atoms with Crippen LogP contribution in [0.15, 0.2) is 24.3 Å². The summed E-state index contributed by atoms with van der Waals surface area (Å²) >= 11 is 0. The van der Waals surface area contributed by atoms with Gasteiger partial charge in [-0.25, -0.2) is 8.93 Å². The van der Waals surface area contributed by atoms with Crippen molar-refractivity contribution >= 4 is 11.0 Å². The topological polar surface area (TPSA) is 29.1 Å². The molecule has 0 saturated carbocycles. The van der Waals surface area contributed by atoms with Crippen molar-refractivity contribution in [3.8, 4) is 0 Å². The molecule has 1 rings (SSSR count). The molecule has 0 bridgehead atoms. The van der Waals surface area contributed by atoms with Crippen LogP contribution < -0.4 is 4.72 Å². The van der Waals surface area contributed by atoms with E-state index >= 15 is 0 Å². The van der Waals surface area contributed by atoms with E-state index in [-0.39, 0.29) is 0 Å². The molecular weight excluding hydrogens is 194 g/mol. The van der Waals surface area contributed by atoms with Crippen LogP contribution in [0.2, 0.25) is 0 Å². The summed E-state index contributed by atoms with van der Waals surface area (Å²) in [5.41, 5.74) is 2.51. The predicted molar refractivity (Wildman–Crippen MR) is 61.4 cm³/mol. The summed E-state index contributed by atoms with van der Waals surface area (Å²) in [5, 5.41) is 0. The van der Waals surface area contributed by atoms with E-state index in [1.165, 1.54) is 11.1 Å². The molecule has 1 unspecified atom stereocenters. The molecule has 0 radical (unpaired) electrons. The van der Waals surface area contributed by atoms with Crippen LogP contribution in [0.4, 0.5) is 0 Å². The van der Waals surface area contributed by atoms with Gasteiger partial charge in [-0.05, 0) is 17.0 Å². The van der Waals surface area contributed by atoms with E-state index in [0.717, 1.165) is 0 Å². The Balaban J connectivity index is 2.68. The van der Waals surface area contributed by atoms with E-state index in [1.54, 1.807) is 6.26 Å². The van der Waals surface area contributed by atoms with Gasteiger partial charge in [-0.3, -0.25) is 0 Å². The highest BCUT2D eigenvalue weighted by Gasteiger charge is 2.00. The first-order chi connectivity index (χ1) is 6.59. The van der Waals surface area contributed by atoms with Crippen LogP contribution in [0.5, 0.6) is 0 Å². The number of nitrogens with one attached hydrogen (secondary N) is 1. The number of hydrogen-bond acceptors (Lipinski definition) is 1. The third-order valence-electron chi connectivity index (χ3n) is 2.10. The number of benzene rings is 1. The maximum Gasteiger partial charge on any atom is 0.0886 e. The van der Waals surface area contributed by atoms with Gasteiger partial charge >= 0.3 is 0 Å². The van der Waals surface area contributed by atoms with E-state index in [0.29, 0.717) is 12.5 Å². The number of hydrogen-bond donors (Lipinski definition) is 1. The summed E-state index contributed by atoms with van der Waals surface area (Å²) in [6.07, 6.45) is 1.65. The minimum absolute atomic E-state index is 0.544. The highest BCUT2D eigenvalue weighted by atomic mass is 32.2. The quantitative estimate of drug-likeness (QED) is 0.812. The second kappa shape index (κ2) is 5.27. The first kappa shape index (κ1) is 11.4. The molecule has 1 aromatic carbocycles. The third kappa shape index (κ3) is 3.60. The Kier molecular flexibility index (Phi) is 4.29. The lowest BCUT2D eigenvalue weighted by atomic mass is 10.0. The molecule has 0 amide bonds. The summed E-state index contributed by atoms with van der Waals surface area (Å²) in [6, 6.07) is 8.37. The van der Waals surface area contributed by atoms with E-state index in [2.05, 4.69) is 30.7 Å². The van der Waals surface area contributed by atoms with Gasteiger partial charge in [-0.1, -0.05) is 38.1 Å². The van der Waals surface area contributed by atoms with E-state index in [4.69, 9.17) is 0 Å². The lowest BCUT2D eigenvalue weighted by molar-refractivity contribution is 0.676. The van der Waals surface area contributed by atoms with Gasteiger partial charge in [0, 0.05) is 12.8 Å². The van der Waals surface area contributed by atoms with Gasteiger partial charge in [0.2, 0.25) is 0 Å². The molecule has 78 valence electrons. The lowest BCUT2D eigenvalue weighted by Gasteiger charge is -2.07. The van der Waals surface area contributed by atoms with Gasteiger partial charge in [0.05, 0.1) is 11.0 Å². The van der Waals surface area contributed by atoms with Gasteiger partial charge in [0.15, 0.2) is 0 Å². The fourth-order valence-electron chi connectivity index (χ4n) is 1.25. The average Bonchev–Trinajstić information content (AvgIpc) is 2.15. The Morgan fingerprint density at radius 1 is 1.43 bits per heavy atom. The second-order valence-corrected chi connectivity index (χ2v) is 4.87. The Bertz CT molecular complexity index is 323. The molecule has 0 spiro atoms. The molecule has 0 aliphatic carbocycles. The molecular formula is C11H17NOS. The predicted octanol–water partition coefficient (Wildman–Crippen LogP) is 2.19. The largest absolute Gasteiger partial charge is 0.243 e. The van der Waals surface area contributed by atoms with Crippen LogP contribution in [-0.2, 0) is 17.5 Å². The van der Waals surface area contributed by atoms with Crippen molar-refractivity contribution in [3.63, 3.8) is 0 Å². The highest BCUT2D eigenvalue weighted by Crippen LogP contribution is 2.15. The maximum absolute atomic E-state index is 10.8. The van der Waals surface area contributed by atoms with Crippen LogP contribution in [0, 0.1) is 0 Å². The van der Waals surface area contributed by atoms with Crippen molar-refractivity contribution in [3.05, 3.63) is 35.4 Å². The van der Waals surface area contributed by atoms with E-state index < -0.39 is 11.0 Å². The summed E-state index contributed by atoms with van der Waals surface area (Å²) in [4.78, 5) is 0. The average molecular weight is 211 g/mol. The summed E-state index contributed by atoms with van der Waals surface area (Å²) in [7, 11) is -0.933. The summed E-state index contributed by atoms with van der Waals surface area (Å²) in [5.74, 6) is 0.544. The summed E-state index contributed by atoms with van der Waals surface area (Å²) < 4.78 is 13.7. The van der Waals surface area contributed by atoms with Crippen molar-refractivity contribution in [2.75, 3.05) is 6.26 Å². The minimum Gasteiger partial charge on any atom is -0.243 e. The smallest absolute Gasteiger partial charge is 0.0886 e. The normalized spacial score (nSPS) is 13.1. The summed E-state index contributed by atoms with van der Waals surface area (Å²) in [6.45, 7) is 5.01. The van der Waals surface area contributed by atoms with Gasteiger partial charge in [-0.15, -0.1) is 0 Å². The van der Waals surface area contributed by atoms with Crippen LogP contribution >= 0.6 is 0 Å². The van der Waals surface area contributed by atoms with Gasteiger partial charge in [0.25, 0.3) is 0 Å². The van der Waals surface area contributed by atoms with Crippen molar-refractivity contribution in [1.82, 2.24) is 4.72 Å². The van der Waals surface area contributed by atoms with Crippen molar-refractivity contribution < 1.29 is 4.21 Å². The molecule has 0 aliphatic rings. The minimum atomic E-state index is -0.933. The molecule has 1 aromatic rings. The molecule has 0 heterocycles. The first-order valence-corrected chi connectivity index (χ1v) is 6.31. The van der Waals surface area contributed by atoms with Crippen LogP contribution in [0.1, 0.15) is 30.9 Å². The zero-order valence-electron chi connectivity index (χ0n) is 8.91. The molecule has 0 aromatic heterocycles. The third-order valence-corrected chi connectivity index (χ3v) is 2.65. The SMILES string of the molecule is CC(C)c1cccc(CNS(C)=O)c1. The Morgan fingerprint density at radius 2 is 2.14 bits per heavy atom. The molecule has 0 fully saturated rings. The van der Waals surface area contributed by atoms with Crippen LogP contribution in [0.3, 0.4) is 0 Å². The number of rotatable bonds is 4. The van der Waals surface area contributed by atoms with Gasteiger partial charge in [0.1, 0.15) is 0 Å². The first-order valence-electron chi connectivity index (χ1n) is 4.75. The van der Waals surface area contributed by atoms with Crippen LogP contribution in [-0.4, -0.2) is 10.5 Å².